The van der Waals surface area contributed by atoms with Crippen LogP contribution in [0.2, 0.25) is 0 Å². The largest absolute Gasteiger partial charge is 0.356 e. The van der Waals surface area contributed by atoms with E-state index in [2.05, 4.69) is 50.8 Å². The lowest BCUT2D eigenvalue weighted by Gasteiger charge is -2.19. The second-order valence-electron chi connectivity index (χ2n) is 6.03. The van der Waals surface area contributed by atoms with Crippen molar-refractivity contribution in [3.8, 4) is 0 Å². The van der Waals surface area contributed by atoms with Crippen molar-refractivity contribution in [2.24, 2.45) is 17.8 Å². The van der Waals surface area contributed by atoms with Crippen LogP contribution in [0, 0.1) is 17.8 Å². The number of carbonyl (C=O) groups excluding carboxylic acids is 1. The van der Waals surface area contributed by atoms with Gasteiger partial charge in [-0.1, -0.05) is 28.1 Å². The van der Waals surface area contributed by atoms with Gasteiger partial charge in [-0.05, 0) is 61.9 Å². The molecular formula is C16H21BrN2O. The van der Waals surface area contributed by atoms with Crippen LogP contribution in [0.4, 0.5) is 0 Å². The Morgan fingerprint density at radius 3 is 2.85 bits per heavy atom. The second kappa shape index (κ2) is 6.27. The summed E-state index contributed by atoms with van der Waals surface area (Å²) in [4.78, 5) is 11.7. The number of amides is 1. The maximum Gasteiger partial charge on any atom is 0.223 e. The van der Waals surface area contributed by atoms with Crippen LogP contribution < -0.4 is 10.6 Å². The molecule has 1 amide bonds. The van der Waals surface area contributed by atoms with Crippen molar-refractivity contribution >= 4 is 21.8 Å². The highest BCUT2D eigenvalue weighted by molar-refractivity contribution is 9.10. The van der Waals surface area contributed by atoms with Crippen molar-refractivity contribution in [2.45, 2.75) is 19.3 Å². The Morgan fingerprint density at radius 1 is 1.30 bits per heavy atom. The molecule has 0 bridgehead atoms. The first kappa shape index (κ1) is 14.1. The first-order valence-electron chi connectivity index (χ1n) is 7.45. The number of carbonyl (C=O) groups is 1. The molecule has 3 rings (SSSR count). The molecular weight excluding hydrogens is 316 g/mol. The minimum Gasteiger partial charge on any atom is -0.356 e. The first-order valence-corrected chi connectivity index (χ1v) is 8.24. The molecule has 2 N–H and O–H groups in total. The zero-order valence-corrected chi connectivity index (χ0v) is 13.2. The Morgan fingerprint density at radius 2 is 2.10 bits per heavy atom. The fourth-order valence-electron chi connectivity index (χ4n) is 2.95. The molecule has 20 heavy (non-hydrogen) atoms. The molecule has 1 heterocycles. The summed E-state index contributed by atoms with van der Waals surface area (Å²) in [5, 5.41) is 6.59. The van der Waals surface area contributed by atoms with Gasteiger partial charge in [0.15, 0.2) is 0 Å². The van der Waals surface area contributed by atoms with E-state index < -0.39 is 0 Å². The van der Waals surface area contributed by atoms with E-state index in [0.717, 1.165) is 43.4 Å². The van der Waals surface area contributed by atoms with Gasteiger partial charge >= 0.3 is 0 Å². The molecule has 108 valence electrons. The molecule has 1 aliphatic carbocycles. The number of rotatable bonds is 5. The predicted octanol–water partition coefficient (Wildman–Crippen LogP) is 2.35. The van der Waals surface area contributed by atoms with Crippen LogP contribution in [0.25, 0.3) is 0 Å². The quantitative estimate of drug-likeness (QED) is 0.866. The number of benzene rings is 1. The van der Waals surface area contributed by atoms with Gasteiger partial charge in [0.1, 0.15) is 0 Å². The van der Waals surface area contributed by atoms with E-state index in [9.17, 15) is 4.79 Å². The van der Waals surface area contributed by atoms with E-state index in [1.54, 1.807) is 0 Å². The topological polar surface area (TPSA) is 41.1 Å². The van der Waals surface area contributed by atoms with E-state index in [-0.39, 0.29) is 5.91 Å². The lowest BCUT2D eigenvalue weighted by Crippen LogP contribution is -2.33. The Bertz CT molecular complexity index is 487. The van der Waals surface area contributed by atoms with Crippen LogP contribution >= 0.6 is 15.9 Å². The van der Waals surface area contributed by atoms with Gasteiger partial charge in [-0.25, -0.2) is 0 Å². The van der Waals surface area contributed by atoms with Crippen LogP contribution in [0.1, 0.15) is 18.4 Å². The van der Waals surface area contributed by atoms with E-state index in [4.69, 9.17) is 0 Å². The van der Waals surface area contributed by atoms with Gasteiger partial charge in [0, 0.05) is 16.9 Å². The van der Waals surface area contributed by atoms with Gasteiger partial charge in [-0.15, -0.1) is 0 Å². The molecule has 3 nitrogen and oxygen atoms in total. The van der Waals surface area contributed by atoms with Crippen molar-refractivity contribution in [1.82, 2.24) is 10.6 Å². The fourth-order valence-corrected chi connectivity index (χ4v) is 3.40. The normalized spacial score (nSPS) is 25.6. The molecule has 1 aromatic carbocycles. The highest BCUT2D eigenvalue weighted by atomic mass is 79.9. The zero-order chi connectivity index (χ0) is 13.9. The molecule has 2 atom stereocenters. The smallest absolute Gasteiger partial charge is 0.223 e. The van der Waals surface area contributed by atoms with Crippen LogP contribution in [0.3, 0.4) is 0 Å². The van der Waals surface area contributed by atoms with E-state index in [1.807, 2.05) is 0 Å². The Balaban J connectivity index is 1.53. The molecule has 0 radical (unpaired) electrons. The first-order chi connectivity index (χ1) is 9.72. The summed E-state index contributed by atoms with van der Waals surface area (Å²) in [6, 6.07) is 8.52. The molecule has 1 saturated heterocycles. The molecule has 0 unspecified atom stereocenters. The lowest BCUT2D eigenvalue weighted by molar-refractivity contribution is -0.122. The summed E-state index contributed by atoms with van der Waals surface area (Å²) in [6.45, 7) is 2.89. The maximum atomic E-state index is 11.7. The summed E-state index contributed by atoms with van der Waals surface area (Å²) < 4.78 is 1.14. The van der Waals surface area contributed by atoms with Crippen molar-refractivity contribution in [2.75, 3.05) is 19.6 Å². The molecule has 1 aromatic rings. The third-order valence-corrected chi connectivity index (χ3v) is 4.85. The van der Waals surface area contributed by atoms with Crippen molar-refractivity contribution in [3.63, 3.8) is 0 Å². The summed E-state index contributed by atoms with van der Waals surface area (Å²) in [5.74, 6) is 1.74. The van der Waals surface area contributed by atoms with Crippen LogP contribution in [-0.2, 0) is 11.2 Å². The summed E-state index contributed by atoms with van der Waals surface area (Å²) in [7, 11) is 0. The number of halogens is 1. The van der Waals surface area contributed by atoms with Crippen molar-refractivity contribution in [3.05, 3.63) is 34.3 Å². The van der Waals surface area contributed by atoms with Crippen LogP contribution in [0.15, 0.2) is 28.7 Å². The second-order valence-corrected chi connectivity index (χ2v) is 6.95. The van der Waals surface area contributed by atoms with E-state index in [1.165, 1.54) is 5.56 Å². The molecule has 2 aliphatic rings. The monoisotopic (exact) mass is 336 g/mol. The van der Waals surface area contributed by atoms with Crippen LogP contribution in [0.5, 0.6) is 0 Å². The molecule has 4 heteroatoms. The van der Waals surface area contributed by atoms with Gasteiger partial charge in [-0.3, -0.25) is 4.79 Å². The maximum absolute atomic E-state index is 11.7. The fraction of sp³-hybridized carbons (Fsp3) is 0.562. The standard InChI is InChI=1S/C16H21BrN2O/c17-15-3-1-2-11(7-15)6-13-8-18-9-14(13)10-19-16(20)12-4-5-12/h1-3,7,12-14,18H,4-6,8-10H2,(H,19,20)/t13-,14+/m1/s1. The molecule has 1 saturated carbocycles. The number of hydrogen-bond acceptors (Lipinski definition) is 2. The predicted molar refractivity (Wildman–Crippen MR) is 83.4 cm³/mol. The highest BCUT2D eigenvalue weighted by Gasteiger charge is 2.32. The molecule has 0 aromatic heterocycles. The summed E-state index contributed by atoms with van der Waals surface area (Å²) >= 11 is 3.53. The summed E-state index contributed by atoms with van der Waals surface area (Å²) in [6.07, 6.45) is 3.24. The van der Waals surface area contributed by atoms with Crippen molar-refractivity contribution < 1.29 is 4.79 Å². The molecule has 0 spiro atoms. The zero-order valence-electron chi connectivity index (χ0n) is 11.6. The third-order valence-electron chi connectivity index (χ3n) is 4.35. The highest BCUT2D eigenvalue weighted by Crippen LogP contribution is 2.29. The Hall–Kier alpha value is -0.870. The van der Waals surface area contributed by atoms with E-state index in [0.29, 0.717) is 17.8 Å². The van der Waals surface area contributed by atoms with Gasteiger partial charge < -0.3 is 10.6 Å². The average molecular weight is 337 g/mol. The average Bonchev–Trinajstić information content (AvgIpc) is 3.19. The van der Waals surface area contributed by atoms with Gasteiger partial charge in [0.2, 0.25) is 5.91 Å². The van der Waals surface area contributed by atoms with E-state index >= 15 is 0 Å². The number of hydrogen-bond donors (Lipinski definition) is 2. The summed E-state index contributed by atoms with van der Waals surface area (Å²) in [5.41, 5.74) is 1.37. The van der Waals surface area contributed by atoms with Crippen molar-refractivity contribution in [1.29, 1.82) is 0 Å². The molecule has 1 aliphatic heterocycles. The third kappa shape index (κ3) is 3.61. The minimum atomic E-state index is 0.262. The minimum absolute atomic E-state index is 0.262. The van der Waals surface area contributed by atoms with Gasteiger partial charge in [0.25, 0.3) is 0 Å². The Kier molecular flexibility index (Phi) is 4.41. The number of nitrogens with one attached hydrogen (secondary N) is 2. The molecule has 2 fully saturated rings. The van der Waals surface area contributed by atoms with Gasteiger partial charge in [-0.2, -0.15) is 0 Å². The lowest BCUT2D eigenvalue weighted by atomic mass is 9.89. The van der Waals surface area contributed by atoms with Crippen LogP contribution in [-0.4, -0.2) is 25.5 Å². The van der Waals surface area contributed by atoms with Gasteiger partial charge in [0.05, 0.1) is 0 Å². The Labute approximate surface area is 128 Å². The SMILES string of the molecule is O=C(NC[C@@H]1CNC[C@H]1Cc1cccc(Br)c1)C1CC1.